The highest BCUT2D eigenvalue weighted by Crippen LogP contribution is 2.19. The molecule has 3 unspecified atom stereocenters. The van der Waals surface area contributed by atoms with Crippen molar-refractivity contribution < 1.29 is 25.5 Å². The Bertz CT molecular complexity index is 121. The van der Waals surface area contributed by atoms with E-state index < -0.39 is 36.8 Å². The Kier molecular flexibility index (Phi) is 5.07. The van der Waals surface area contributed by atoms with Gasteiger partial charge in [0, 0.05) is 0 Å². The van der Waals surface area contributed by atoms with Crippen molar-refractivity contribution in [3.63, 3.8) is 0 Å². The Morgan fingerprint density at radius 2 is 1.67 bits per heavy atom. The van der Waals surface area contributed by atoms with Crippen LogP contribution in [0.4, 0.5) is 0 Å². The van der Waals surface area contributed by atoms with Gasteiger partial charge in [-0.3, -0.25) is 0 Å². The number of rotatable bonds is 5. The second-order valence-corrected chi connectivity index (χ2v) is 3.17. The molecule has 0 fully saturated rings. The predicted molar refractivity (Wildman–Crippen MR) is 45.0 cm³/mol. The van der Waals surface area contributed by atoms with Crippen molar-refractivity contribution >= 4 is 12.6 Å². The maximum atomic E-state index is 9.46. The third-order valence-electron chi connectivity index (χ3n) is 1.75. The van der Waals surface area contributed by atoms with Gasteiger partial charge in [-0.2, -0.15) is 12.6 Å². The molecule has 0 radical (unpaired) electrons. The fourth-order valence-electron chi connectivity index (χ4n) is 0.749. The summed E-state index contributed by atoms with van der Waals surface area (Å²) in [5.74, 6) is 0. The van der Waals surface area contributed by atoms with Crippen LogP contribution in [0.5, 0.6) is 0 Å². The van der Waals surface area contributed by atoms with Gasteiger partial charge in [0.25, 0.3) is 0 Å². The first-order chi connectivity index (χ1) is 5.52. The Morgan fingerprint density at radius 3 is 1.92 bits per heavy atom. The SMILES string of the molecule is OCC(O)C(O)(CO)C(S)CO. The van der Waals surface area contributed by atoms with Gasteiger partial charge in [0.2, 0.25) is 0 Å². The number of aliphatic hydroxyl groups excluding tert-OH is 4. The second kappa shape index (κ2) is 5.00. The van der Waals surface area contributed by atoms with E-state index in [2.05, 4.69) is 12.6 Å². The molecule has 3 atom stereocenters. The van der Waals surface area contributed by atoms with Crippen LogP contribution in [-0.2, 0) is 0 Å². The van der Waals surface area contributed by atoms with E-state index in [-0.39, 0.29) is 0 Å². The molecular formula is C6H14O5S. The summed E-state index contributed by atoms with van der Waals surface area (Å²) in [5, 5.41) is 43.3. The fraction of sp³-hybridized carbons (Fsp3) is 1.00. The monoisotopic (exact) mass is 198 g/mol. The summed E-state index contributed by atoms with van der Waals surface area (Å²) >= 11 is 3.75. The lowest BCUT2D eigenvalue weighted by Gasteiger charge is -2.33. The Hall–Kier alpha value is 0.150. The molecule has 0 aromatic rings. The van der Waals surface area contributed by atoms with Crippen molar-refractivity contribution in [2.24, 2.45) is 0 Å². The van der Waals surface area contributed by atoms with E-state index >= 15 is 0 Å². The van der Waals surface area contributed by atoms with Gasteiger partial charge in [0.1, 0.15) is 11.7 Å². The largest absolute Gasteiger partial charge is 0.395 e. The zero-order valence-corrected chi connectivity index (χ0v) is 7.35. The Labute approximate surface area is 75.7 Å². The van der Waals surface area contributed by atoms with Crippen LogP contribution in [-0.4, -0.2) is 62.3 Å². The zero-order chi connectivity index (χ0) is 9.78. The van der Waals surface area contributed by atoms with Crippen LogP contribution in [0.3, 0.4) is 0 Å². The highest BCUT2D eigenvalue weighted by Gasteiger charge is 2.40. The lowest BCUT2D eigenvalue weighted by molar-refractivity contribution is -0.125. The molecule has 0 aromatic heterocycles. The average molecular weight is 198 g/mol. The van der Waals surface area contributed by atoms with E-state index in [9.17, 15) is 5.11 Å². The molecule has 0 aliphatic heterocycles. The summed E-state index contributed by atoms with van der Waals surface area (Å²) < 4.78 is 0. The Balaban J connectivity index is 4.42. The van der Waals surface area contributed by atoms with Gasteiger partial charge in [-0.15, -0.1) is 0 Å². The van der Waals surface area contributed by atoms with Gasteiger partial charge in [0.05, 0.1) is 25.1 Å². The molecule has 0 bridgehead atoms. The Morgan fingerprint density at radius 1 is 1.17 bits per heavy atom. The molecule has 0 saturated carbocycles. The standard InChI is InChI=1S/C6H14O5S/c7-1-4(10)6(11,3-9)5(12)2-8/h4-5,7-12H,1-3H2. The first-order valence-corrected chi connectivity index (χ1v) is 3.95. The molecule has 5 nitrogen and oxygen atoms in total. The van der Waals surface area contributed by atoms with E-state index in [1.807, 2.05) is 0 Å². The summed E-state index contributed by atoms with van der Waals surface area (Å²) in [6, 6.07) is 0. The van der Waals surface area contributed by atoms with Crippen LogP contribution in [0.1, 0.15) is 0 Å². The van der Waals surface area contributed by atoms with Gasteiger partial charge in [0.15, 0.2) is 0 Å². The number of thiol groups is 1. The molecule has 0 rings (SSSR count). The van der Waals surface area contributed by atoms with Crippen molar-refractivity contribution in [1.29, 1.82) is 0 Å². The highest BCUT2D eigenvalue weighted by atomic mass is 32.1. The first kappa shape index (κ1) is 12.2. The molecule has 5 N–H and O–H groups in total. The molecule has 0 heterocycles. The van der Waals surface area contributed by atoms with Gasteiger partial charge < -0.3 is 25.5 Å². The van der Waals surface area contributed by atoms with Crippen molar-refractivity contribution in [1.82, 2.24) is 0 Å². The molecule has 74 valence electrons. The van der Waals surface area contributed by atoms with Crippen LogP contribution in [0.2, 0.25) is 0 Å². The van der Waals surface area contributed by atoms with E-state index in [1.165, 1.54) is 0 Å². The van der Waals surface area contributed by atoms with Crippen LogP contribution >= 0.6 is 12.6 Å². The van der Waals surface area contributed by atoms with Gasteiger partial charge in [-0.1, -0.05) is 0 Å². The molecule has 0 spiro atoms. The molecule has 12 heavy (non-hydrogen) atoms. The first-order valence-electron chi connectivity index (χ1n) is 3.44. The van der Waals surface area contributed by atoms with Crippen LogP contribution < -0.4 is 0 Å². The quantitative estimate of drug-likeness (QED) is 0.271. The minimum atomic E-state index is -1.97. The van der Waals surface area contributed by atoms with Gasteiger partial charge in [-0.25, -0.2) is 0 Å². The summed E-state index contributed by atoms with van der Waals surface area (Å²) in [6.07, 6.45) is -1.52. The molecule has 6 heteroatoms. The lowest BCUT2D eigenvalue weighted by atomic mass is 9.94. The molecule has 0 aromatic carbocycles. The zero-order valence-electron chi connectivity index (χ0n) is 6.46. The van der Waals surface area contributed by atoms with Crippen molar-refractivity contribution in [2.45, 2.75) is 17.0 Å². The maximum absolute atomic E-state index is 9.46. The summed E-state index contributed by atoms with van der Waals surface area (Å²) in [5.41, 5.74) is -1.97. The van der Waals surface area contributed by atoms with Crippen molar-refractivity contribution in [3.05, 3.63) is 0 Å². The predicted octanol–water partition coefficient (Wildman–Crippen LogP) is -2.65. The number of aliphatic hydroxyl groups is 5. The summed E-state index contributed by atoms with van der Waals surface area (Å²) in [4.78, 5) is 0. The van der Waals surface area contributed by atoms with Crippen molar-refractivity contribution in [2.75, 3.05) is 19.8 Å². The van der Waals surface area contributed by atoms with E-state index in [1.54, 1.807) is 0 Å². The summed E-state index contributed by atoms with van der Waals surface area (Å²) in [7, 11) is 0. The molecule has 0 aliphatic rings. The molecule has 0 amide bonds. The van der Waals surface area contributed by atoms with Crippen LogP contribution in [0.25, 0.3) is 0 Å². The van der Waals surface area contributed by atoms with E-state index in [0.29, 0.717) is 0 Å². The smallest absolute Gasteiger partial charge is 0.129 e. The summed E-state index contributed by atoms with van der Waals surface area (Å²) in [6.45, 7) is -1.98. The minimum absolute atomic E-state index is 0.503. The van der Waals surface area contributed by atoms with Crippen LogP contribution in [0, 0.1) is 0 Å². The van der Waals surface area contributed by atoms with E-state index in [4.69, 9.17) is 20.4 Å². The van der Waals surface area contributed by atoms with Crippen molar-refractivity contribution in [3.8, 4) is 0 Å². The van der Waals surface area contributed by atoms with Gasteiger partial charge >= 0.3 is 0 Å². The number of hydrogen-bond acceptors (Lipinski definition) is 6. The highest BCUT2D eigenvalue weighted by molar-refractivity contribution is 7.81. The maximum Gasteiger partial charge on any atom is 0.129 e. The third kappa shape index (κ3) is 2.32. The average Bonchev–Trinajstić information content (AvgIpc) is 2.13. The molecular weight excluding hydrogens is 184 g/mol. The van der Waals surface area contributed by atoms with E-state index in [0.717, 1.165) is 0 Å². The van der Waals surface area contributed by atoms with Gasteiger partial charge in [-0.05, 0) is 0 Å². The second-order valence-electron chi connectivity index (χ2n) is 2.55. The minimum Gasteiger partial charge on any atom is -0.395 e. The molecule has 0 saturated heterocycles. The third-order valence-corrected chi connectivity index (χ3v) is 2.36. The van der Waals surface area contributed by atoms with Crippen LogP contribution in [0.15, 0.2) is 0 Å². The molecule has 0 aliphatic carbocycles. The topological polar surface area (TPSA) is 101 Å². The number of hydrogen-bond donors (Lipinski definition) is 6. The normalized spacial score (nSPS) is 21.5. The lowest BCUT2D eigenvalue weighted by Crippen LogP contribution is -2.55. The fourth-order valence-corrected chi connectivity index (χ4v) is 1.00.